The van der Waals surface area contributed by atoms with Crippen LogP contribution in [-0.2, 0) is 23.7 Å². The molecule has 0 bridgehead atoms. The van der Waals surface area contributed by atoms with Crippen LogP contribution < -0.4 is 5.43 Å². The van der Waals surface area contributed by atoms with E-state index in [4.69, 9.17) is 23.4 Å². The standard InChI is InChI=1S/C29H32O15/c1-10-21(35)22(36)25(39)29(41-10)44-26-18(9-40-11(2)30)43-28(24(38)23(26)37)20-15(33)7-14(32)19-16(34)8-17(42-27(19)20)12-3-5-13(31)6-4-12/h3-8,10,18,21-26,28-29,31-33,35-39H,9H2,1-2H3/t10-,18+,21-,22+,23+,24+,25+,26+,28-,29-/m0/s1. The quantitative estimate of drug-likeness (QED) is 0.162. The minimum Gasteiger partial charge on any atom is -0.508 e. The molecular formula is C29H32O15. The predicted molar refractivity (Wildman–Crippen MR) is 146 cm³/mol. The van der Waals surface area contributed by atoms with E-state index in [1.807, 2.05) is 0 Å². The Hall–Kier alpha value is -3.80. The number of hydrogen-bond acceptors (Lipinski definition) is 15. The number of rotatable bonds is 6. The molecule has 0 aliphatic carbocycles. The summed E-state index contributed by atoms with van der Waals surface area (Å²) >= 11 is 0. The zero-order chi connectivity index (χ0) is 32.0. The molecule has 10 atom stereocenters. The van der Waals surface area contributed by atoms with Gasteiger partial charge in [0.15, 0.2) is 17.3 Å². The fourth-order valence-corrected chi connectivity index (χ4v) is 5.33. The third-order valence-corrected chi connectivity index (χ3v) is 7.67. The van der Waals surface area contributed by atoms with Gasteiger partial charge >= 0.3 is 5.97 Å². The van der Waals surface area contributed by atoms with E-state index in [1.165, 1.54) is 31.2 Å². The molecule has 2 aromatic carbocycles. The topological polar surface area (TPSA) is 246 Å². The Balaban J connectivity index is 1.57. The molecule has 1 aromatic heterocycles. The molecule has 0 amide bonds. The summed E-state index contributed by atoms with van der Waals surface area (Å²) in [6.07, 6.45) is -16.0. The van der Waals surface area contributed by atoms with Gasteiger partial charge in [0.2, 0.25) is 0 Å². The van der Waals surface area contributed by atoms with Crippen molar-refractivity contribution in [2.24, 2.45) is 0 Å². The molecule has 3 aromatic rings. The van der Waals surface area contributed by atoms with Gasteiger partial charge in [0.1, 0.15) is 83.8 Å². The van der Waals surface area contributed by atoms with Gasteiger partial charge in [-0.3, -0.25) is 9.59 Å². The molecule has 0 saturated carbocycles. The van der Waals surface area contributed by atoms with Crippen molar-refractivity contribution in [2.45, 2.75) is 75.1 Å². The number of carbonyl (C=O) groups is 1. The van der Waals surface area contributed by atoms with Gasteiger partial charge in [-0.2, -0.15) is 0 Å². The first-order valence-corrected chi connectivity index (χ1v) is 13.6. The molecule has 2 fully saturated rings. The monoisotopic (exact) mass is 620 g/mol. The molecule has 8 N–H and O–H groups in total. The summed E-state index contributed by atoms with van der Waals surface area (Å²) in [5.74, 6) is -2.15. The van der Waals surface area contributed by atoms with Gasteiger partial charge in [-0.05, 0) is 31.2 Å². The molecule has 0 radical (unpaired) electrons. The second-order valence-corrected chi connectivity index (χ2v) is 10.7. The van der Waals surface area contributed by atoms with E-state index in [9.17, 15) is 50.4 Å². The van der Waals surface area contributed by atoms with Crippen LogP contribution in [0.3, 0.4) is 0 Å². The molecule has 2 aliphatic heterocycles. The van der Waals surface area contributed by atoms with E-state index < -0.39 is 96.3 Å². The van der Waals surface area contributed by atoms with Gasteiger partial charge in [0, 0.05) is 24.6 Å². The number of esters is 1. The summed E-state index contributed by atoms with van der Waals surface area (Å²) in [5, 5.41) is 83.9. The Labute approximate surface area is 248 Å². The fourth-order valence-electron chi connectivity index (χ4n) is 5.33. The lowest BCUT2D eigenvalue weighted by atomic mass is 9.89. The molecule has 0 unspecified atom stereocenters. The van der Waals surface area contributed by atoms with Crippen LogP contribution in [0.25, 0.3) is 22.3 Å². The summed E-state index contributed by atoms with van der Waals surface area (Å²) in [5.41, 5.74) is -1.12. The second-order valence-electron chi connectivity index (χ2n) is 10.7. The van der Waals surface area contributed by atoms with Crippen molar-refractivity contribution in [2.75, 3.05) is 6.61 Å². The lowest BCUT2D eigenvalue weighted by Crippen LogP contribution is -2.62. The molecule has 15 nitrogen and oxygen atoms in total. The summed E-state index contributed by atoms with van der Waals surface area (Å²) < 4.78 is 28.2. The second kappa shape index (κ2) is 12.3. The smallest absolute Gasteiger partial charge is 0.302 e. The van der Waals surface area contributed by atoms with Gasteiger partial charge in [-0.15, -0.1) is 0 Å². The summed E-state index contributed by atoms with van der Waals surface area (Å²) in [6.45, 7) is 1.95. The molecule has 0 spiro atoms. The molecule has 238 valence electrons. The highest BCUT2D eigenvalue weighted by Gasteiger charge is 2.51. The largest absolute Gasteiger partial charge is 0.508 e. The number of aliphatic hydroxyl groups excluding tert-OH is 5. The van der Waals surface area contributed by atoms with Gasteiger partial charge in [0.05, 0.1) is 11.7 Å². The van der Waals surface area contributed by atoms with Crippen molar-refractivity contribution in [3.05, 3.63) is 52.2 Å². The minimum absolute atomic E-state index is 0.0319. The van der Waals surface area contributed by atoms with Crippen molar-refractivity contribution in [1.82, 2.24) is 0 Å². The lowest BCUT2D eigenvalue weighted by Gasteiger charge is -2.46. The van der Waals surface area contributed by atoms with Crippen LogP contribution in [0.5, 0.6) is 17.2 Å². The van der Waals surface area contributed by atoms with Crippen molar-refractivity contribution in [1.29, 1.82) is 0 Å². The zero-order valence-corrected chi connectivity index (χ0v) is 23.4. The van der Waals surface area contributed by atoms with Crippen molar-refractivity contribution in [3.8, 4) is 28.6 Å². The lowest BCUT2D eigenvalue weighted by molar-refractivity contribution is -0.338. The number of carbonyl (C=O) groups excluding carboxylic acids is 1. The molecule has 2 saturated heterocycles. The van der Waals surface area contributed by atoms with E-state index in [0.29, 0.717) is 5.56 Å². The maximum atomic E-state index is 13.1. The number of phenols is 3. The number of benzene rings is 2. The number of aromatic hydroxyl groups is 3. The number of aliphatic hydroxyl groups is 5. The maximum Gasteiger partial charge on any atom is 0.302 e. The van der Waals surface area contributed by atoms with E-state index >= 15 is 0 Å². The van der Waals surface area contributed by atoms with Crippen LogP contribution >= 0.6 is 0 Å². The molecule has 44 heavy (non-hydrogen) atoms. The normalized spacial score (nSPS) is 32.4. The fraction of sp³-hybridized carbons (Fsp3) is 0.448. The number of fused-ring (bicyclic) bond motifs is 1. The van der Waals surface area contributed by atoms with Gasteiger partial charge in [-0.1, -0.05) is 0 Å². The Morgan fingerprint density at radius 1 is 0.864 bits per heavy atom. The Bertz CT molecular complexity index is 1570. The molecule has 2 aliphatic rings. The molecule has 15 heteroatoms. The van der Waals surface area contributed by atoms with Crippen LogP contribution in [0, 0.1) is 0 Å². The number of ether oxygens (including phenoxy) is 4. The first-order valence-electron chi connectivity index (χ1n) is 13.6. The molecular weight excluding hydrogens is 588 g/mol. The average Bonchev–Trinajstić information content (AvgIpc) is 2.97. The highest BCUT2D eigenvalue weighted by molar-refractivity contribution is 5.89. The van der Waals surface area contributed by atoms with Gasteiger partial charge in [-0.25, -0.2) is 0 Å². The van der Waals surface area contributed by atoms with Crippen molar-refractivity contribution >= 4 is 16.9 Å². The maximum absolute atomic E-state index is 13.1. The summed E-state index contributed by atoms with van der Waals surface area (Å²) in [6, 6.07) is 7.51. The number of hydrogen-bond donors (Lipinski definition) is 8. The highest BCUT2D eigenvalue weighted by atomic mass is 16.7. The Morgan fingerprint density at radius 2 is 1.55 bits per heavy atom. The SMILES string of the molecule is CC(=O)OC[C@H]1O[C@@H](c2c(O)cc(O)c3c(=O)cc(-c4ccc(O)cc4)oc23)[C@H](O)[C@@H](O)[C@@H]1O[C@@H]1O[C@@H](C)[C@H](O)[C@@H](O)[C@H]1O. The van der Waals surface area contributed by atoms with Crippen LogP contribution in [0.15, 0.2) is 45.6 Å². The van der Waals surface area contributed by atoms with Crippen molar-refractivity contribution < 1.29 is 69.0 Å². The van der Waals surface area contributed by atoms with E-state index in [1.54, 1.807) is 0 Å². The Morgan fingerprint density at radius 3 is 2.20 bits per heavy atom. The summed E-state index contributed by atoms with van der Waals surface area (Å²) in [7, 11) is 0. The first kappa shape index (κ1) is 31.6. The minimum atomic E-state index is -1.93. The third kappa shape index (κ3) is 5.83. The van der Waals surface area contributed by atoms with Crippen LogP contribution in [0.2, 0.25) is 0 Å². The van der Waals surface area contributed by atoms with Gasteiger partial charge in [0.25, 0.3) is 0 Å². The summed E-state index contributed by atoms with van der Waals surface area (Å²) in [4.78, 5) is 24.8. The van der Waals surface area contributed by atoms with E-state index in [-0.39, 0.29) is 22.5 Å². The van der Waals surface area contributed by atoms with Crippen LogP contribution in [0.4, 0.5) is 0 Å². The van der Waals surface area contributed by atoms with Crippen LogP contribution in [-0.4, -0.2) is 109 Å². The average molecular weight is 621 g/mol. The predicted octanol–water partition coefficient (Wildman–Crippen LogP) is -0.486. The molecule has 3 heterocycles. The number of phenolic OH excluding ortho intramolecular Hbond substituents is 3. The van der Waals surface area contributed by atoms with E-state index in [0.717, 1.165) is 19.1 Å². The van der Waals surface area contributed by atoms with Crippen molar-refractivity contribution in [3.63, 3.8) is 0 Å². The highest BCUT2D eigenvalue weighted by Crippen LogP contribution is 2.44. The van der Waals surface area contributed by atoms with Crippen LogP contribution in [0.1, 0.15) is 25.5 Å². The third-order valence-electron chi connectivity index (χ3n) is 7.67. The Kier molecular flexibility index (Phi) is 8.84. The van der Waals surface area contributed by atoms with E-state index in [2.05, 4.69) is 0 Å². The van der Waals surface area contributed by atoms with Gasteiger partial charge < -0.3 is 64.2 Å². The molecule has 5 rings (SSSR count). The zero-order valence-electron chi connectivity index (χ0n) is 23.4. The first-order chi connectivity index (χ1) is 20.8.